The maximum absolute atomic E-state index is 9.56. The zero-order valence-electron chi connectivity index (χ0n) is 4.60. The van der Waals surface area contributed by atoms with Gasteiger partial charge >= 0.3 is 0 Å². The first-order valence-corrected chi connectivity index (χ1v) is 2.22. The van der Waals surface area contributed by atoms with Crippen molar-refractivity contribution < 1.29 is 10.1 Å². The topological polar surface area (TPSA) is 55.1 Å². The standard InChI is InChI=1S/C4H10NO2/c1-3-4(2,5)7-6/h3,5H2,1-2H3. The van der Waals surface area contributed by atoms with E-state index in [0.717, 1.165) is 0 Å². The molecule has 0 spiro atoms. The SMILES string of the molecule is CCC(C)(N)O[O]. The van der Waals surface area contributed by atoms with Crippen molar-refractivity contribution in [3.05, 3.63) is 0 Å². The monoisotopic (exact) mass is 104 g/mol. The summed E-state index contributed by atoms with van der Waals surface area (Å²) >= 11 is 0. The first-order chi connectivity index (χ1) is 3.12. The lowest BCUT2D eigenvalue weighted by Crippen LogP contribution is -2.36. The van der Waals surface area contributed by atoms with Gasteiger partial charge in [0.2, 0.25) is 0 Å². The normalized spacial score (nSPS) is 18.9. The van der Waals surface area contributed by atoms with Crippen LogP contribution in [0.5, 0.6) is 0 Å². The second-order valence-electron chi connectivity index (χ2n) is 1.75. The summed E-state index contributed by atoms with van der Waals surface area (Å²) < 4.78 is 0. The Morgan fingerprint density at radius 3 is 2.29 bits per heavy atom. The lowest BCUT2D eigenvalue weighted by molar-refractivity contribution is -0.368. The Morgan fingerprint density at radius 2 is 2.29 bits per heavy atom. The van der Waals surface area contributed by atoms with Gasteiger partial charge in [-0.3, -0.25) is 0 Å². The summed E-state index contributed by atoms with van der Waals surface area (Å²) in [6.07, 6.45) is 0.538. The van der Waals surface area contributed by atoms with Gasteiger partial charge in [-0.2, -0.15) is 4.89 Å². The van der Waals surface area contributed by atoms with E-state index in [-0.39, 0.29) is 0 Å². The Bertz CT molecular complexity index is 47.7. The molecule has 0 rings (SSSR count). The molecule has 0 aromatic heterocycles. The summed E-state index contributed by atoms with van der Waals surface area (Å²) in [5, 5.41) is 9.56. The van der Waals surface area contributed by atoms with Crippen molar-refractivity contribution in [2.45, 2.75) is 26.0 Å². The molecule has 0 aliphatic carbocycles. The van der Waals surface area contributed by atoms with Crippen LogP contribution in [-0.4, -0.2) is 5.72 Å². The van der Waals surface area contributed by atoms with Crippen LogP contribution in [-0.2, 0) is 10.1 Å². The lowest BCUT2D eigenvalue weighted by atomic mass is 10.2. The van der Waals surface area contributed by atoms with Crippen LogP contribution in [0.25, 0.3) is 0 Å². The zero-order chi connectivity index (χ0) is 5.91. The highest BCUT2D eigenvalue weighted by molar-refractivity contribution is 4.58. The molecule has 0 heterocycles. The predicted octanol–water partition coefficient (Wildman–Crippen LogP) is 0.433. The van der Waals surface area contributed by atoms with Gasteiger partial charge in [-0.1, -0.05) is 6.92 Å². The minimum Gasteiger partial charge on any atom is -0.301 e. The first-order valence-electron chi connectivity index (χ1n) is 2.22. The van der Waals surface area contributed by atoms with Crippen molar-refractivity contribution >= 4 is 0 Å². The summed E-state index contributed by atoms with van der Waals surface area (Å²) in [6.45, 7) is 3.33. The molecule has 0 fully saturated rings. The fourth-order valence-corrected chi connectivity index (χ4v) is 0.0589. The fourth-order valence-electron chi connectivity index (χ4n) is 0.0589. The molecule has 3 nitrogen and oxygen atoms in total. The molecule has 0 aliphatic heterocycles. The number of hydrogen-bond acceptors (Lipinski definition) is 2. The van der Waals surface area contributed by atoms with E-state index in [1.807, 2.05) is 0 Å². The van der Waals surface area contributed by atoms with Gasteiger partial charge in [0.1, 0.15) is 0 Å². The molecule has 43 valence electrons. The highest BCUT2D eigenvalue weighted by Gasteiger charge is 2.15. The van der Waals surface area contributed by atoms with E-state index in [1.54, 1.807) is 13.8 Å². The van der Waals surface area contributed by atoms with Crippen LogP contribution in [0.1, 0.15) is 20.3 Å². The molecule has 1 unspecified atom stereocenters. The van der Waals surface area contributed by atoms with E-state index in [1.165, 1.54) is 0 Å². The quantitative estimate of drug-likeness (QED) is 0.314. The Morgan fingerprint density at radius 1 is 1.86 bits per heavy atom. The molecule has 1 atom stereocenters. The molecule has 3 heteroatoms. The minimum absolute atomic E-state index is 0.538. The average Bonchev–Trinajstić information content (AvgIpc) is 1.68. The highest BCUT2D eigenvalue weighted by Crippen LogP contribution is 2.02. The Kier molecular flexibility index (Phi) is 2.22. The largest absolute Gasteiger partial charge is 0.301 e. The third kappa shape index (κ3) is 2.56. The lowest BCUT2D eigenvalue weighted by Gasteiger charge is -2.14. The molecular weight excluding hydrogens is 94.0 g/mol. The molecule has 0 aromatic carbocycles. The van der Waals surface area contributed by atoms with Crippen LogP contribution < -0.4 is 5.73 Å². The van der Waals surface area contributed by atoms with Crippen LogP contribution in [0, 0.1) is 0 Å². The Labute approximate surface area is 43.0 Å². The molecule has 0 amide bonds. The van der Waals surface area contributed by atoms with Crippen LogP contribution in [0.15, 0.2) is 0 Å². The van der Waals surface area contributed by atoms with Gasteiger partial charge in [0.05, 0.1) is 0 Å². The number of nitrogens with two attached hydrogens (primary N) is 1. The number of hydrogen-bond donors (Lipinski definition) is 1. The van der Waals surface area contributed by atoms with Gasteiger partial charge in [-0.05, 0) is 18.6 Å². The van der Waals surface area contributed by atoms with E-state index >= 15 is 0 Å². The van der Waals surface area contributed by atoms with Gasteiger partial charge in [-0.25, -0.2) is 0 Å². The Balaban J connectivity index is 3.36. The van der Waals surface area contributed by atoms with E-state index in [2.05, 4.69) is 4.89 Å². The summed E-state index contributed by atoms with van der Waals surface area (Å²) in [5.41, 5.74) is 4.21. The zero-order valence-corrected chi connectivity index (χ0v) is 4.60. The highest BCUT2D eigenvalue weighted by atomic mass is 17.1. The smallest absolute Gasteiger partial charge is 0.151 e. The Hall–Kier alpha value is -0.120. The molecule has 0 bridgehead atoms. The van der Waals surface area contributed by atoms with Gasteiger partial charge < -0.3 is 5.73 Å². The maximum atomic E-state index is 9.56. The minimum atomic E-state index is -0.972. The third-order valence-corrected chi connectivity index (χ3v) is 0.892. The average molecular weight is 104 g/mol. The summed E-state index contributed by atoms with van der Waals surface area (Å²) in [7, 11) is 0. The second kappa shape index (κ2) is 2.26. The van der Waals surface area contributed by atoms with Crippen molar-refractivity contribution in [1.29, 1.82) is 0 Å². The van der Waals surface area contributed by atoms with Crippen LogP contribution in [0.2, 0.25) is 0 Å². The molecule has 2 N–H and O–H groups in total. The molecule has 0 saturated heterocycles. The molecule has 7 heavy (non-hydrogen) atoms. The fraction of sp³-hybridized carbons (Fsp3) is 1.00. The van der Waals surface area contributed by atoms with Crippen LogP contribution >= 0.6 is 0 Å². The summed E-state index contributed by atoms with van der Waals surface area (Å²) in [4.78, 5) is 3.61. The van der Waals surface area contributed by atoms with Crippen molar-refractivity contribution in [1.82, 2.24) is 0 Å². The maximum Gasteiger partial charge on any atom is 0.151 e. The van der Waals surface area contributed by atoms with E-state index in [4.69, 9.17) is 5.73 Å². The van der Waals surface area contributed by atoms with Crippen molar-refractivity contribution in [3.8, 4) is 0 Å². The second-order valence-corrected chi connectivity index (χ2v) is 1.75. The number of rotatable bonds is 2. The van der Waals surface area contributed by atoms with Gasteiger partial charge in [-0.15, -0.1) is 0 Å². The van der Waals surface area contributed by atoms with Gasteiger partial charge in [0.15, 0.2) is 5.72 Å². The van der Waals surface area contributed by atoms with Crippen LogP contribution in [0.4, 0.5) is 0 Å². The summed E-state index contributed by atoms with van der Waals surface area (Å²) in [6, 6.07) is 0. The molecular formula is C4H10NO2. The van der Waals surface area contributed by atoms with Crippen molar-refractivity contribution in [3.63, 3.8) is 0 Å². The van der Waals surface area contributed by atoms with Gasteiger partial charge in [0.25, 0.3) is 0 Å². The summed E-state index contributed by atoms with van der Waals surface area (Å²) in [5.74, 6) is 0. The van der Waals surface area contributed by atoms with E-state index < -0.39 is 5.72 Å². The predicted molar refractivity (Wildman–Crippen MR) is 24.7 cm³/mol. The molecule has 0 aromatic rings. The third-order valence-electron chi connectivity index (χ3n) is 0.892. The first kappa shape index (κ1) is 6.88. The van der Waals surface area contributed by atoms with E-state index in [0.29, 0.717) is 6.42 Å². The molecule has 0 aliphatic rings. The van der Waals surface area contributed by atoms with E-state index in [9.17, 15) is 5.26 Å². The van der Waals surface area contributed by atoms with Crippen molar-refractivity contribution in [2.75, 3.05) is 0 Å². The van der Waals surface area contributed by atoms with Crippen LogP contribution in [0.3, 0.4) is 0 Å². The molecule has 0 saturated carbocycles. The molecule has 1 radical (unpaired) electrons. The van der Waals surface area contributed by atoms with Gasteiger partial charge in [0, 0.05) is 0 Å². The van der Waals surface area contributed by atoms with Crippen molar-refractivity contribution in [2.24, 2.45) is 5.73 Å².